The molecule has 36 heavy (non-hydrogen) atoms. The molecule has 0 fully saturated rings. The van der Waals surface area contributed by atoms with E-state index in [0.29, 0.717) is 30.2 Å². The van der Waals surface area contributed by atoms with Crippen LogP contribution in [0.5, 0.6) is 11.5 Å². The van der Waals surface area contributed by atoms with Gasteiger partial charge in [-0.05, 0) is 55.7 Å². The van der Waals surface area contributed by atoms with E-state index in [4.69, 9.17) is 24.7 Å². The Morgan fingerprint density at radius 2 is 1.39 bits per heavy atom. The van der Waals surface area contributed by atoms with Crippen LogP contribution in [0.15, 0.2) is 18.2 Å². The zero-order chi connectivity index (χ0) is 27.3. The van der Waals surface area contributed by atoms with Crippen LogP contribution in [0.25, 0.3) is 0 Å². The molecule has 9 heteroatoms. The van der Waals surface area contributed by atoms with Gasteiger partial charge in [0, 0.05) is 19.3 Å². The molecule has 2 atom stereocenters. The highest BCUT2D eigenvalue weighted by atomic mass is 16.6. The summed E-state index contributed by atoms with van der Waals surface area (Å²) in [6.07, 6.45) is 1.46. The van der Waals surface area contributed by atoms with Crippen molar-refractivity contribution in [1.29, 1.82) is 0 Å². The zero-order valence-corrected chi connectivity index (χ0v) is 22.3. The Hall–Kier alpha value is -2.94. The molecule has 9 nitrogen and oxygen atoms in total. The van der Waals surface area contributed by atoms with Gasteiger partial charge in [-0.1, -0.05) is 40.7 Å². The summed E-state index contributed by atoms with van der Waals surface area (Å²) in [5.74, 6) is -1.01. The van der Waals surface area contributed by atoms with E-state index in [2.05, 4.69) is 0 Å². The molecule has 0 bridgehead atoms. The molecule has 0 amide bonds. The van der Waals surface area contributed by atoms with E-state index < -0.39 is 30.1 Å². The van der Waals surface area contributed by atoms with Crippen molar-refractivity contribution in [3.63, 3.8) is 0 Å². The van der Waals surface area contributed by atoms with Crippen LogP contribution in [-0.4, -0.2) is 42.6 Å². The molecule has 0 radical (unpaired) electrons. The first kappa shape index (κ1) is 31.1. The molecule has 0 aliphatic rings. The second-order valence-electron chi connectivity index (χ2n) is 9.69. The largest absolute Gasteiger partial charge is 0.462 e. The zero-order valence-electron chi connectivity index (χ0n) is 22.3. The lowest BCUT2D eigenvalue weighted by molar-refractivity contribution is -0.158. The van der Waals surface area contributed by atoms with Crippen molar-refractivity contribution >= 4 is 23.9 Å². The summed E-state index contributed by atoms with van der Waals surface area (Å²) in [4.78, 5) is 48.3. The van der Waals surface area contributed by atoms with Crippen LogP contribution in [0.4, 0.5) is 0 Å². The van der Waals surface area contributed by atoms with Gasteiger partial charge in [0.2, 0.25) is 0 Å². The molecule has 0 heterocycles. The Morgan fingerprint density at radius 3 is 1.92 bits per heavy atom. The highest BCUT2D eigenvalue weighted by Crippen LogP contribution is 2.30. The molecule has 2 N–H and O–H groups in total. The summed E-state index contributed by atoms with van der Waals surface area (Å²) < 4.78 is 21.2. The first-order valence-corrected chi connectivity index (χ1v) is 12.6. The molecule has 0 aromatic heterocycles. The van der Waals surface area contributed by atoms with Gasteiger partial charge in [-0.15, -0.1) is 0 Å². The van der Waals surface area contributed by atoms with Gasteiger partial charge in [0.05, 0.1) is 0 Å². The van der Waals surface area contributed by atoms with Crippen molar-refractivity contribution in [3.8, 4) is 11.5 Å². The predicted octanol–water partition coefficient (Wildman–Crippen LogP) is 4.12. The van der Waals surface area contributed by atoms with Gasteiger partial charge in [0.15, 0.2) is 11.5 Å². The van der Waals surface area contributed by atoms with Crippen molar-refractivity contribution in [2.45, 2.75) is 92.2 Å². The van der Waals surface area contributed by atoms with E-state index in [9.17, 15) is 19.2 Å². The van der Waals surface area contributed by atoms with Gasteiger partial charge in [0.25, 0.3) is 0 Å². The Bertz CT molecular complexity index is 881. The quantitative estimate of drug-likeness (QED) is 0.275. The topological polar surface area (TPSA) is 131 Å². The third kappa shape index (κ3) is 12.7. The summed E-state index contributed by atoms with van der Waals surface area (Å²) in [6, 6.07) is 3.71. The lowest BCUT2D eigenvalue weighted by Crippen LogP contribution is -2.37. The van der Waals surface area contributed by atoms with Crippen LogP contribution in [-0.2, 0) is 35.1 Å². The van der Waals surface area contributed by atoms with Gasteiger partial charge >= 0.3 is 23.9 Å². The van der Waals surface area contributed by atoms with E-state index in [1.807, 2.05) is 27.7 Å². The van der Waals surface area contributed by atoms with Crippen LogP contribution >= 0.6 is 0 Å². The fraction of sp³-hybridized carbons (Fsp3) is 0.630. The Balaban J connectivity index is 2.91. The number of ether oxygens (including phenoxy) is 4. The SMILES string of the molecule is CCC(=O)OC[C@H](C)OC(=O)[C@@H](N)Cc1ccc(OC(=O)CCC(C)C)c(OC(=O)CCC(C)C)c1. The molecular weight excluding hydrogens is 466 g/mol. The molecule has 0 spiro atoms. The normalized spacial score (nSPS) is 12.7. The first-order valence-electron chi connectivity index (χ1n) is 12.6. The van der Waals surface area contributed by atoms with Gasteiger partial charge < -0.3 is 24.7 Å². The fourth-order valence-corrected chi connectivity index (χ4v) is 2.97. The number of carbonyl (C=O) groups excluding carboxylic acids is 4. The molecule has 1 aromatic rings. The molecular formula is C27H41NO8. The molecule has 0 unspecified atom stereocenters. The second kappa shape index (κ2) is 15.9. The Labute approximate surface area is 214 Å². The van der Waals surface area contributed by atoms with E-state index in [1.54, 1.807) is 19.9 Å². The third-order valence-electron chi connectivity index (χ3n) is 5.15. The maximum atomic E-state index is 12.4. The van der Waals surface area contributed by atoms with Crippen molar-refractivity contribution in [2.24, 2.45) is 17.6 Å². The highest BCUT2D eigenvalue weighted by Gasteiger charge is 2.21. The monoisotopic (exact) mass is 507 g/mol. The fourth-order valence-electron chi connectivity index (χ4n) is 2.97. The molecule has 0 saturated heterocycles. The average Bonchev–Trinajstić information content (AvgIpc) is 2.81. The summed E-state index contributed by atoms with van der Waals surface area (Å²) >= 11 is 0. The number of esters is 4. The number of nitrogens with two attached hydrogens (primary N) is 1. The summed E-state index contributed by atoms with van der Waals surface area (Å²) in [5, 5.41) is 0. The molecule has 1 aromatic carbocycles. The van der Waals surface area contributed by atoms with Crippen LogP contribution in [0, 0.1) is 11.8 Å². The van der Waals surface area contributed by atoms with Crippen molar-refractivity contribution < 1.29 is 38.1 Å². The van der Waals surface area contributed by atoms with Gasteiger partial charge in [-0.2, -0.15) is 0 Å². The summed E-state index contributed by atoms with van der Waals surface area (Å²) in [6.45, 7) is 11.2. The van der Waals surface area contributed by atoms with E-state index >= 15 is 0 Å². The third-order valence-corrected chi connectivity index (χ3v) is 5.15. The minimum absolute atomic E-state index is 0.0571. The molecule has 202 valence electrons. The van der Waals surface area contributed by atoms with E-state index in [1.165, 1.54) is 12.1 Å². The van der Waals surface area contributed by atoms with Crippen LogP contribution in [0.3, 0.4) is 0 Å². The maximum Gasteiger partial charge on any atom is 0.323 e. The molecule has 0 saturated carbocycles. The lowest BCUT2D eigenvalue weighted by atomic mass is 10.1. The van der Waals surface area contributed by atoms with Crippen LogP contribution in [0.1, 0.15) is 79.2 Å². The van der Waals surface area contributed by atoms with Crippen molar-refractivity contribution in [1.82, 2.24) is 0 Å². The minimum atomic E-state index is -1.00. The van der Waals surface area contributed by atoms with Gasteiger partial charge in [0.1, 0.15) is 18.8 Å². The smallest absolute Gasteiger partial charge is 0.323 e. The number of carbonyl (C=O) groups is 4. The van der Waals surface area contributed by atoms with Gasteiger partial charge in [-0.3, -0.25) is 19.2 Å². The van der Waals surface area contributed by atoms with Crippen molar-refractivity contribution in [2.75, 3.05) is 6.61 Å². The van der Waals surface area contributed by atoms with E-state index in [0.717, 1.165) is 0 Å². The minimum Gasteiger partial charge on any atom is -0.462 e. The Kier molecular flexibility index (Phi) is 13.8. The molecule has 0 aliphatic heterocycles. The number of rotatable bonds is 15. The first-order chi connectivity index (χ1) is 16.9. The van der Waals surface area contributed by atoms with Crippen LogP contribution in [0.2, 0.25) is 0 Å². The molecule has 1 rings (SSSR count). The average molecular weight is 508 g/mol. The lowest BCUT2D eigenvalue weighted by Gasteiger charge is -2.17. The number of hydrogen-bond acceptors (Lipinski definition) is 9. The highest BCUT2D eigenvalue weighted by molar-refractivity contribution is 5.77. The summed E-state index contributed by atoms with van der Waals surface area (Å²) in [7, 11) is 0. The maximum absolute atomic E-state index is 12.4. The molecule has 0 aliphatic carbocycles. The number of benzene rings is 1. The Morgan fingerprint density at radius 1 is 0.833 bits per heavy atom. The predicted molar refractivity (Wildman–Crippen MR) is 134 cm³/mol. The van der Waals surface area contributed by atoms with E-state index in [-0.39, 0.29) is 49.8 Å². The second-order valence-corrected chi connectivity index (χ2v) is 9.69. The summed E-state index contributed by atoms with van der Waals surface area (Å²) in [5.41, 5.74) is 6.62. The van der Waals surface area contributed by atoms with Gasteiger partial charge in [-0.25, -0.2) is 0 Å². The number of hydrogen-bond donors (Lipinski definition) is 1. The standard InChI is InChI=1S/C27H41NO8/c1-7-24(29)33-16-19(6)34-27(32)21(28)14-20-10-11-22(35-25(30)12-8-17(2)3)23(15-20)36-26(31)13-9-18(4)5/h10-11,15,17-19,21H,7-9,12-14,16,28H2,1-6H3/t19-,21-/m0/s1. The van der Waals surface area contributed by atoms with Crippen molar-refractivity contribution in [3.05, 3.63) is 23.8 Å². The van der Waals surface area contributed by atoms with Crippen LogP contribution < -0.4 is 15.2 Å².